The number of nitrogens with zero attached hydrogens (tertiary/aromatic N) is 1. The molecule has 1 fully saturated rings. The highest BCUT2D eigenvalue weighted by molar-refractivity contribution is 4.79. The van der Waals surface area contributed by atoms with E-state index in [0.717, 1.165) is 0 Å². The molecule has 3 nitrogen and oxygen atoms in total. The lowest BCUT2D eigenvalue weighted by atomic mass is 10.2. The van der Waals surface area contributed by atoms with E-state index in [4.69, 9.17) is 5.11 Å². The molecule has 1 saturated heterocycles. The normalized spacial score (nSPS) is 20.7. The monoisotopic (exact) mass is 167 g/mol. The quantitative estimate of drug-likeness (QED) is 0.634. The van der Waals surface area contributed by atoms with Crippen LogP contribution in [0.1, 0.15) is 0 Å². The molecule has 66 valence electrons. The van der Waals surface area contributed by atoms with Crippen LogP contribution in [0.25, 0.3) is 0 Å². The van der Waals surface area contributed by atoms with E-state index in [2.05, 4.69) is 4.74 Å². The van der Waals surface area contributed by atoms with Gasteiger partial charge in [0.05, 0.1) is 12.7 Å². The van der Waals surface area contributed by atoms with Gasteiger partial charge in [0, 0.05) is 19.6 Å². The van der Waals surface area contributed by atoms with Gasteiger partial charge < -0.3 is 9.84 Å². The number of halogens is 2. The van der Waals surface area contributed by atoms with Crippen LogP contribution in [0, 0.1) is 0 Å². The molecule has 0 bridgehead atoms. The van der Waals surface area contributed by atoms with Crippen LogP contribution in [0.5, 0.6) is 0 Å². The van der Waals surface area contributed by atoms with E-state index in [9.17, 15) is 8.78 Å². The van der Waals surface area contributed by atoms with Crippen molar-refractivity contribution < 1.29 is 18.6 Å². The fourth-order valence-electron chi connectivity index (χ4n) is 1.08. The zero-order valence-corrected chi connectivity index (χ0v) is 6.04. The van der Waals surface area contributed by atoms with Crippen LogP contribution in [-0.2, 0) is 4.74 Å². The highest BCUT2D eigenvalue weighted by Gasteiger charge is 2.28. The minimum Gasteiger partial charge on any atom is -0.395 e. The van der Waals surface area contributed by atoms with Gasteiger partial charge in [-0.25, -0.2) is 0 Å². The molecular formula is C6H11F2NO2. The molecule has 0 saturated carbocycles. The fourth-order valence-corrected chi connectivity index (χ4v) is 1.08. The second kappa shape index (κ2) is 3.94. The molecule has 1 heterocycles. The molecule has 11 heavy (non-hydrogen) atoms. The minimum atomic E-state index is -2.67. The first-order valence-corrected chi connectivity index (χ1v) is 3.49. The van der Waals surface area contributed by atoms with Gasteiger partial charge in [-0.05, 0) is 0 Å². The summed E-state index contributed by atoms with van der Waals surface area (Å²) in [6.45, 7) is -1.04. The number of β-amino-alcohol motifs (C(OH)–C–C–N with tert-alkyl or cyclic N) is 1. The maximum Gasteiger partial charge on any atom is 0.345 e. The predicted octanol–water partition coefficient (Wildman–Crippen LogP) is -0.0979. The van der Waals surface area contributed by atoms with Crippen LogP contribution in [0.2, 0.25) is 0 Å². The Morgan fingerprint density at radius 3 is 2.64 bits per heavy atom. The molecule has 0 unspecified atom stereocenters. The van der Waals surface area contributed by atoms with Crippen molar-refractivity contribution in [1.82, 2.24) is 4.90 Å². The second-order valence-electron chi connectivity index (χ2n) is 2.50. The molecule has 0 radical (unpaired) electrons. The highest BCUT2D eigenvalue weighted by atomic mass is 19.3. The zero-order chi connectivity index (χ0) is 8.27. The number of aliphatic hydroxyl groups is 1. The van der Waals surface area contributed by atoms with Crippen molar-refractivity contribution in [3.05, 3.63) is 0 Å². The summed E-state index contributed by atoms with van der Waals surface area (Å²) < 4.78 is 27.3. The maximum atomic E-state index is 11.5. The van der Waals surface area contributed by atoms with E-state index >= 15 is 0 Å². The molecule has 0 aromatic carbocycles. The van der Waals surface area contributed by atoms with E-state index in [1.807, 2.05) is 4.90 Å². The second-order valence-corrected chi connectivity index (χ2v) is 2.50. The standard InChI is InChI=1S/C6H11F2NO2/c7-6(8)11-5-3-9(4-5)1-2-10/h5-6,10H,1-4H2. The first-order valence-electron chi connectivity index (χ1n) is 3.49. The number of hydrogen-bond donors (Lipinski definition) is 1. The summed E-state index contributed by atoms with van der Waals surface area (Å²) in [7, 11) is 0. The van der Waals surface area contributed by atoms with Crippen molar-refractivity contribution in [3.8, 4) is 0 Å². The van der Waals surface area contributed by atoms with Gasteiger partial charge in [-0.3, -0.25) is 4.90 Å². The van der Waals surface area contributed by atoms with E-state index < -0.39 is 6.61 Å². The first-order chi connectivity index (χ1) is 5.22. The van der Waals surface area contributed by atoms with Crippen LogP contribution < -0.4 is 0 Å². The average molecular weight is 167 g/mol. The van der Waals surface area contributed by atoms with E-state index in [-0.39, 0.29) is 12.7 Å². The molecule has 0 amide bonds. The van der Waals surface area contributed by atoms with E-state index in [1.54, 1.807) is 0 Å². The Morgan fingerprint density at radius 2 is 2.18 bits per heavy atom. The summed E-state index contributed by atoms with van der Waals surface area (Å²) in [5.41, 5.74) is 0. The molecule has 0 aromatic rings. The van der Waals surface area contributed by atoms with Crippen LogP contribution >= 0.6 is 0 Å². The Hall–Kier alpha value is -0.260. The number of ether oxygens (including phenoxy) is 1. The lowest BCUT2D eigenvalue weighted by molar-refractivity contribution is -0.196. The predicted molar refractivity (Wildman–Crippen MR) is 34.4 cm³/mol. The lowest BCUT2D eigenvalue weighted by Crippen LogP contribution is -2.53. The molecule has 1 aliphatic heterocycles. The van der Waals surface area contributed by atoms with Gasteiger partial charge in [-0.2, -0.15) is 8.78 Å². The van der Waals surface area contributed by atoms with Crippen LogP contribution in [0.4, 0.5) is 8.78 Å². The van der Waals surface area contributed by atoms with Gasteiger partial charge in [-0.15, -0.1) is 0 Å². The van der Waals surface area contributed by atoms with Crippen molar-refractivity contribution in [2.75, 3.05) is 26.2 Å². The van der Waals surface area contributed by atoms with Crippen molar-refractivity contribution in [2.45, 2.75) is 12.7 Å². The van der Waals surface area contributed by atoms with E-state index in [1.165, 1.54) is 0 Å². The van der Waals surface area contributed by atoms with Gasteiger partial charge in [0.15, 0.2) is 0 Å². The topological polar surface area (TPSA) is 32.7 Å². The van der Waals surface area contributed by atoms with Gasteiger partial charge in [0.25, 0.3) is 0 Å². The first kappa shape index (κ1) is 8.83. The highest BCUT2D eigenvalue weighted by Crippen LogP contribution is 2.13. The molecule has 0 aromatic heterocycles. The number of alkyl halides is 2. The SMILES string of the molecule is OCCN1CC(OC(F)F)C1. The van der Waals surface area contributed by atoms with Crippen molar-refractivity contribution in [1.29, 1.82) is 0 Å². The summed E-state index contributed by atoms with van der Waals surface area (Å²) in [5.74, 6) is 0. The minimum absolute atomic E-state index is 0.0708. The molecule has 5 heteroatoms. The third-order valence-corrected chi connectivity index (χ3v) is 1.64. The number of likely N-dealkylation sites (tertiary alicyclic amines) is 1. The number of rotatable bonds is 4. The van der Waals surface area contributed by atoms with Gasteiger partial charge in [0.1, 0.15) is 0 Å². The molecule has 1 aliphatic rings. The third-order valence-electron chi connectivity index (χ3n) is 1.64. The lowest BCUT2D eigenvalue weighted by Gasteiger charge is -2.37. The Morgan fingerprint density at radius 1 is 1.55 bits per heavy atom. The van der Waals surface area contributed by atoms with Crippen LogP contribution in [-0.4, -0.2) is 49.0 Å². The summed E-state index contributed by atoms with van der Waals surface area (Å²) >= 11 is 0. The van der Waals surface area contributed by atoms with Crippen molar-refractivity contribution >= 4 is 0 Å². The maximum absolute atomic E-state index is 11.5. The van der Waals surface area contributed by atoms with Gasteiger partial charge in [0.2, 0.25) is 0 Å². The fraction of sp³-hybridized carbons (Fsp3) is 1.00. The van der Waals surface area contributed by atoms with Gasteiger partial charge in [-0.1, -0.05) is 0 Å². The molecule has 1 N–H and O–H groups in total. The summed E-state index contributed by atoms with van der Waals surface area (Å²) in [5, 5.41) is 8.44. The number of hydrogen-bond acceptors (Lipinski definition) is 3. The Kier molecular flexibility index (Phi) is 3.16. The number of aliphatic hydroxyl groups excluding tert-OH is 1. The summed E-state index contributed by atoms with van der Waals surface area (Å²) in [6, 6.07) is 0. The molecule has 0 atom stereocenters. The Bertz CT molecular complexity index is 117. The Balaban J connectivity index is 2.00. The largest absolute Gasteiger partial charge is 0.395 e. The molecule has 0 aliphatic carbocycles. The van der Waals surface area contributed by atoms with Gasteiger partial charge >= 0.3 is 6.61 Å². The zero-order valence-electron chi connectivity index (χ0n) is 6.04. The smallest absolute Gasteiger partial charge is 0.345 e. The third kappa shape index (κ3) is 2.69. The summed E-state index contributed by atoms with van der Waals surface area (Å²) in [6.07, 6.45) is -0.346. The molecule has 1 rings (SSSR count). The van der Waals surface area contributed by atoms with Crippen LogP contribution in [0.15, 0.2) is 0 Å². The Labute approximate surface area is 63.6 Å². The van der Waals surface area contributed by atoms with E-state index in [0.29, 0.717) is 19.6 Å². The molecule has 0 spiro atoms. The van der Waals surface area contributed by atoms with Crippen molar-refractivity contribution in [2.24, 2.45) is 0 Å². The summed E-state index contributed by atoms with van der Waals surface area (Å²) in [4.78, 5) is 1.85. The average Bonchev–Trinajstić information content (AvgIpc) is 1.82. The van der Waals surface area contributed by atoms with Crippen LogP contribution in [0.3, 0.4) is 0 Å². The van der Waals surface area contributed by atoms with Crippen molar-refractivity contribution in [3.63, 3.8) is 0 Å². The molecular weight excluding hydrogens is 156 g/mol.